The van der Waals surface area contributed by atoms with Crippen molar-refractivity contribution in [3.05, 3.63) is 65.7 Å². The largest absolute Gasteiger partial charge is 0.465 e. The Labute approximate surface area is 159 Å². The van der Waals surface area contributed by atoms with Gasteiger partial charge in [-0.2, -0.15) is 4.98 Å². The molecule has 0 radical (unpaired) electrons. The number of hydrogen-bond acceptors (Lipinski definition) is 6. The summed E-state index contributed by atoms with van der Waals surface area (Å²) in [6.45, 7) is 0.381. The minimum Gasteiger partial charge on any atom is -0.465 e. The molecule has 28 heavy (non-hydrogen) atoms. The Morgan fingerprint density at radius 1 is 1.25 bits per heavy atom. The normalized spacial score (nSPS) is 16.4. The number of hydrogen-bond donors (Lipinski definition) is 0. The van der Waals surface area contributed by atoms with Crippen molar-refractivity contribution in [2.45, 2.75) is 12.3 Å². The number of ether oxygens (including phenoxy) is 1. The van der Waals surface area contributed by atoms with E-state index in [2.05, 4.69) is 10.1 Å². The van der Waals surface area contributed by atoms with Gasteiger partial charge in [0, 0.05) is 30.1 Å². The Kier molecular flexibility index (Phi) is 4.60. The molecule has 0 saturated carbocycles. The van der Waals surface area contributed by atoms with Crippen molar-refractivity contribution >= 4 is 17.6 Å². The van der Waals surface area contributed by atoms with Crippen LogP contribution in [0.2, 0.25) is 0 Å². The number of halogens is 1. The van der Waals surface area contributed by atoms with Crippen LogP contribution >= 0.6 is 0 Å². The number of rotatable bonds is 4. The first-order valence-electron chi connectivity index (χ1n) is 8.63. The second-order valence-electron chi connectivity index (χ2n) is 6.41. The zero-order valence-corrected chi connectivity index (χ0v) is 15.0. The Morgan fingerprint density at radius 2 is 2.04 bits per heavy atom. The number of benzene rings is 2. The van der Waals surface area contributed by atoms with Gasteiger partial charge < -0.3 is 14.2 Å². The van der Waals surface area contributed by atoms with Gasteiger partial charge in [0.2, 0.25) is 5.91 Å². The molecule has 0 aliphatic carbocycles. The Morgan fingerprint density at radius 3 is 2.79 bits per heavy atom. The van der Waals surface area contributed by atoms with Crippen LogP contribution in [0.1, 0.15) is 28.5 Å². The summed E-state index contributed by atoms with van der Waals surface area (Å²) in [5, 5.41) is 4.00. The number of carbonyl (C=O) groups excluding carboxylic acids is 2. The average Bonchev–Trinajstić information content (AvgIpc) is 3.35. The van der Waals surface area contributed by atoms with Crippen LogP contribution in [0, 0.1) is 5.82 Å². The highest BCUT2D eigenvalue weighted by Gasteiger charge is 2.34. The van der Waals surface area contributed by atoms with Crippen molar-refractivity contribution in [3.8, 4) is 11.5 Å². The third kappa shape index (κ3) is 3.36. The summed E-state index contributed by atoms with van der Waals surface area (Å²) in [4.78, 5) is 30.0. The van der Waals surface area contributed by atoms with Gasteiger partial charge in [0.1, 0.15) is 5.82 Å². The summed E-state index contributed by atoms with van der Waals surface area (Å²) in [5.41, 5.74) is 1.59. The van der Waals surface area contributed by atoms with Crippen molar-refractivity contribution in [3.63, 3.8) is 0 Å². The van der Waals surface area contributed by atoms with Crippen LogP contribution in [-0.2, 0) is 9.53 Å². The average molecular weight is 381 g/mol. The van der Waals surface area contributed by atoms with Crippen LogP contribution in [0.15, 0.2) is 53.1 Å². The first-order chi connectivity index (χ1) is 13.5. The van der Waals surface area contributed by atoms with E-state index < -0.39 is 5.97 Å². The highest BCUT2D eigenvalue weighted by atomic mass is 19.1. The number of amides is 1. The van der Waals surface area contributed by atoms with E-state index in [4.69, 9.17) is 9.26 Å². The van der Waals surface area contributed by atoms with E-state index in [-0.39, 0.29) is 30.0 Å². The van der Waals surface area contributed by atoms with Gasteiger partial charge in [-0.15, -0.1) is 0 Å². The second kappa shape index (κ2) is 7.22. The Balaban J connectivity index is 1.54. The fourth-order valence-electron chi connectivity index (χ4n) is 3.17. The molecule has 0 spiro atoms. The fourth-order valence-corrected chi connectivity index (χ4v) is 3.17. The number of anilines is 1. The summed E-state index contributed by atoms with van der Waals surface area (Å²) >= 11 is 0. The summed E-state index contributed by atoms with van der Waals surface area (Å²) < 4.78 is 23.2. The molecule has 1 fully saturated rings. The van der Waals surface area contributed by atoms with Crippen LogP contribution in [0.4, 0.5) is 10.1 Å². The maximum Gasteiger partial charge on any atom is 0.337 e. The first kappa shape index (κ1) is 17.8. The van der Waals surface area contributed by atoms with Crippen LogP contribution < -0.4 is 4.90 Å². The summed E-state index contributed by atoms with van der Waals surface area (Å²) in [7, 11) is 1.31. The first-order valence-corrected chi connectivity index (χ1v) is 8.63. The summed E-state index contributed by atoms with van der Waals surface area (Å²) in [6, 6.07) is 12.4. The molecule has 4 rings (SSSR count). The topological polar surface area (TPSA) is 85.5 Å². The standard InChI is InChI=1S/C20H16FN3O4/c1-27-20(26)13-4-2-3-12(9-13)19-22-18(23-28-19)14-10-17(25)24(11-14)16-7-5-15(21)6-8-16/h2-9,14H,10-11H2,1H3. The monoisotopic (exact) mass is 381 g/mol. The molecule has 2 heterocycles. The highest BCUT2D eigenvalue weighted by molar-refractivity contribution is 5.96. The molecule has 1 amide bonds. The molecule has 0 bridgehead atoms. The molecule has 3 aromatic rings. The van der Waals surface area contributed by atoms with Gasteiger partial charge in [-0.1, -0.05) is 11.2 Å². The third-order valence-corrected chi connectivity index (χ3v) is 4.60. The van der Waals surface area contributed by atoms with Gasteiger partial charge in [0.05, 0.1) is 12.7 Å². The lowest BCUT2D eigenvalue weighted by atomic mass is 10.1. The van der Waals surface area contributed by atoms with Crippen molar-refractivity contribution in [2.24, 2.45) is 0 Å². The van der Waals surface area contributed by atoms with E-state index in [1.54, 1.807) is 41.3 Å². The van der Waals surface area contributed by atoms with E-state index in [9.17, 15) is 14.0 Å². The zero-order valence-electron chi connectivity index (χ0n) is 15.0. The quantitative estimate of drug-likeness (QED) is 0.645. The van der Waals surface area contributed by atoms with E-state index in [0.717, 1.165) is 0 Å². The lowest BCUT2D eigenvalue weighted by Crippen LogP contribution is -2.24. The predicted octanol–water partition coefficient (Wildman–Crippen LogP) is 3.18. The van der Waals surface area contributed by atoms with E-state index in [1.807, 2.05) is 0 Å². The van der Waals surface area contributed by atoms with Crippen LogP contribution in [0.3, 0.4) is 0 Å². The molecule has 1 saturated heterocycles. The minimum absolute atomic E-state index is 0.0874. The smallest absolute Gasteiger partial charge is 0.337 e. The van der Waals surface area contributed by atoms with Gasteiger partial charge in [-0.05, 0) is 42.5 Å². The van der Waals surface area contributed by atoms with E-state index in [1.165, 1.54) is 19.2 Å². The third-order valence-electron chi connectivity index (χ3n) is 4.60. The van der Waals surface area contributed by atoms with Crippen molar-refractivity contribution in [2.75, 3.05) is 18.6 Å². The lowest BCUT2D eigenvalue weighted by Gasteiger charge is -2.15. The van der Waals surface area contributed by atoms with Crippen molar-refractivity contribution in [1.82, 2.24) is 10.1 Å². The molecular formula is C20H16FN3O4. The second-order valence-corrected chi connectivity index (χ2v) is 6.41. The molecule has 7 nitrogen and oxygen atoms in total. The number of nitrogens with zero attached hydrogens (tertiary/aromatic N) is 3. The summed E-state index contributed by atoms with van der Waals surface area (Å²) in [6.07, 6.45) is 0.235. The number of aromatic nitrogens is 2. The van der Waals surface area contributed by atoms with Crippen molar-refractivity contribution < 1.29 is 23.2 Å². The lowest BCUT2D eigenvalue weighted by molar-refractivity contribution is -0.117. The fraction of sp³-hybridized carbons (Fsp3) is 0.200. The highest BCUT2D eigenvalue weighted by Crippen LogP contribution is 2.31. The molecule has 0 N–H and O–H groups in total. The number of carbonyl (C=O) groups is 2. The van der Waals surface area contributed by atoms with Gasteiger partial charge in [-0.3, -0.25) is 4.79 Å². The SMILES string of the molecule is COC(=O)c1cccc(-c2nc(C3CC(=O)N(c4ccc(F)cc4)C3)no2)c1. The van der Waals surface area contributed by atoms with E-state index >= 15 is 0 Å². The maximum atomic E-state index is 13.1. The maximum absolute atomic E-state index is 13.1. The number of methoxy groups -OCH3 is 1. The van der Waals surface area contributed by atoms with Gasteiger partial charge in [0.15, 0.2) is 5.82 Å². The molecule has 1 unspecified atom stereocenters. The van der Waals surface area contributed by atoms with Gasteiger partial charge in [-0.25, -0.2) is 9.18 Å². The van der Waals surface area contributed by atoms with Crippen LogP contribution in [0.25, 0.3) is 11.5 Å². The molecule has 1 aliphatic heterocycles. The molecule has 2 aromatic carbocycles. The minimum atomic E-state index is -0.460. The Bertz CT molecular complexity index is 1030. The van der Waals surface area contributed by atoms with Crippen LogP contribution in [-0.4, -0.2) is 35.7 Å². The van der Waals surface area contributed by atoms with Gasteiger partial charge >= 0.3 is 5.97 Å². The predicted molar refractivity (Wildman–Crippen MR) is 97.2 cm³/mol. The number of esters is 1. The van der Waals surface area contributed by atoms with Crippen LogP contribution in [0.5, 0.6) is 0 Å². The molecular weight excluding hydrogens is 365 g/mol. The molecule has 142 valence electrons. The van der Waals surface area contributed by atoms with Crippen molar-refractivity contribution in [1.29, 1.82) is 0 Å². The van der Waals surface area contributed by atoms with Gasteiger partial charge in [0.25, 0.3) is 5.89 Å². The summed E-state index contributed by atoms with van der Waals surface area (Å²) in [5.74, 6) is -0.471. The Hall–Kier alpha value is -3.55. The molecule has 1 aromatic heterocycles. The molecule has 1 aliphatic rings. The molecule has 8 heteroatoms. The zero-order chi connectivity index (χ0) is 19.7. The molecule has 1 atom stereocenters. The van der Waals surface area contributed by atoms with E-state index in [0.29, 0.717) is 29.2 Å².